The Balaban J connectivity index is 2.47. The quantitative estimate of drug-likeness (QED) is 0.828. The summed E-state index contributed by atoms with van der Waals surface area (Å²) in [6.07, 6.45) is 0. The minimum Gasteiger partial charge on any atom is -0.480 e. The van der Waals surface area contributed by atoms with Gasteiger partial charge in [0.05, 0.1) is 11.2 Å². The van der Waals surface area contributed by atoms with Crippen LogP contribution in [0.2, 0.25) is 0 Å². The van der Waals surface area contributed by atoms with E-state index >= 15 is 0 Å². The number of aryl methyl sites for hydroxylation is 1. The molecular weight excluding hydrogens is 204 g/mol. The smallest absolute Gasteiger partial charge is 0.323 e. The minimum absolute atomic E-state index is 0.00280. The third-order valence-corrected chi connectivity index (χ3v) is 2.55. The molecular formula is C12H14N2O2. The maximum atomic E-state index is 10.7. The fourth-order valence-electron chi connectivity index (χ4n) is 1.89. The van der Waals surface area contributed by atoms with Crippen LogP contribution in [0.25, 0.3) is 10.9 Å². The van der Waals surface area contributed by atoms with Crippen LogP contribution in [0.5, 0.6) is 0 Å². The van der Waals surface area contributed by atoms with Gasteiger partial charge in [-0.05, 0) is 19.1 Å². The Labute approximate surface area is 93.5 Å². The molecule has 0 aliphatic heterocycles. The second-order valence-electron chi connectivity index (χ2n) is 3.94. The lowest BCUT2D eigenvalue weighted by Gasteiger charge is -2.17. The van der Waals surface area contributed by atoms with Crippen molar-refractivity contribution in [1.82, 2.24) is 4.98 Å². The Morgan fingerprint density at radius 3 is 2.94 bits per heavy atom. The van der Waals surface area contributed by atoms with Crippen LogP contribution in [0, 0.1) is 6.92 Å². The number of carboxylic acid groups (broad SMARTS) is 1. The molecule has 0 amide bonds. The zero-order valence-corrected chi connectivity index (χ0v) is 9.32. The number of benzene rings is 1. The molecule has 0 radical (unpaired) electrons. The monoisotopic (exact) mass is 218 g/mol. The molecule has 0 aliphatic carbocycles. The molecule has 0 atom stereocenters. The molecule has 0 fully saturated rings. The highest BCUT2D eigenvalue weighted by Gasteiger charge is 2.10. The molecule has 0 bridgehead atoms. The number of H-pyrrole nitrogens is 1. The van der Waals surface area contributed by atoms with E-state index < -0.39 is 5.97 Å². The van der Waals surface area contributed by atoms with Crippen molar-refractivity contribution < 1.29 is 9.90 Å². The second kappa shape index (κ2) is 3.89. The van der Waals surface area contributed by atoms with E-state index in [4.69, 9.17) is 5.11 Å². The van der Waals surface area contributed by atoms with Crippen LogP contribution in [-0.2, 0) is 4.79 Å². The van der Waals surface area contributed by atoms with E-state index in [1.807, 2.05) is 31.2 Å². The van der Waals surface area contributed by atoms with Crippen LogP contribution in [0.3, 0.4) is 0 Å². The van der Waals surface area contributed by atoms with Gasteiger partial charge in [-0.15, -0.1) is 0 Å². The fourth-order valence-corrected chi connectivity index (χ4v) is 1.89. The third-order valence-electron chi connectivity index (χ3n) is 2.55. The predicted octanol–water partition coefficient (Wildman–Crippen LogP) is 2.00. The number of aromatic nitrogens is 1. The van der Waals surface area contributed by atoms with Gasteiger partial charge in [-0.2, -0.15) is 0 Å². The first kappa shape index (κ1) is 10.5. The molecule has 4 heteroatoms. The normalized spacial score (nSPS) is 10.6. The molecule has 2 aromatic rings. The van der Waals surface area contributed by atoms with E-state index in [1.54, 1.807) is 11.9 Å². The molecule has 16 heavy (non-hydrogen) atoms. The fraction of sp³-hybridized carbons (Fsp3) is 0.250. The van der Waals surface area contributed by atoms with Crippen LogP contribution in [0.4, 0.5) is 5.69 Å². The summed E-state index contributed by atoms with van der Waals surface area (Å²) in [4.78, 5) is 15.6. The van der Waals surface area contributed by atoms with Crippen LogP contribution >= 0.6 is 0 Å². The Morgan fingerprint density at radius 2 is 2.25 bits per heavy atom. The van der Waals surface area contributed by atoms with E-state index in [9.17, 15) is 4.79 Å². The van der Waals surface area contributed by atoms with Crippen LogP contribution in [-0.4, -0.2) is 29.7 Å². The first-order valence-electron chi connectivity index (χ1n) is 5.09. The summed E-state index contributed by atoms with van der Waals surface area (Å²) in [5.74, 6) is -0.831. The second-order valence-corrected chi connectivity index (χ2v) is 3.94. The standard InChI is InChI=1S/C12H14N2O2/c1-8-6-9-4-3-5-10(12(9)13-8)14(2)7-11(15)16/h3-6,13H,7H2,1-2H3,(H,15,16). The summed E-state index contributed by atoms with van der Waals surface area (Å²) in [5, 5.41) is 9.87. The van der Waals surface area contributed by atoms with Gasteiger partial charge >= 0.3 is 5.97 Å². The van der Waals surface area contributed by atoms with E-state index in [-0.39, 0.29) is 6.54 Å². The van der Waals surface area contributed by atoms with Crippen LogP contribution in [0.1, 0.15) is 5.69 Å². The summed E-state index contributed by atoms with van der Waals surface area (Å²) >= 11 is 0. The first-order chi connectivity index (χ1) is 7.58. The number of nitrogens with one attached hydrogen (secondary N) is 1. The van der Waals surface area contributed by atoms with Crippen LogP contribution in [0.15, 0.2) is 24.3 Å². The van der Waals surface area contributed by atoms with Crippen molar-refractivity contribution in [1.29, 1.82) is 0 Å². The molecule has 0 saturated carbocycles. The lowest BCUT2D eigenvalue weighted by atomic mass is 10.2. The topological polar surface area (TPSA) is 56.3 Å². The van der Waals surface area contributed by atoms with Gasteiger partial charge in [-0.25, -0.2) is 0 Å². The number of anilines is 1. The number of carboxylic acids is 1. The summed E-state index contributed by atoms with van der Waals surface area (Å²) in [6, 6.07) is 7.91. The highest BCUT2D eigenvalue weighted by atomic mass is 16.4. The minimum atomic E-state index is -0.831. The van der Waals surface area contributed by atoms with Crippen molar-refractivity contribution >= 4 is 22.6 Å². The number of aromatic amines is 1. The van der Waals surface area contributed by atoms with Gasteiger partial charge in [0.2, 0.25) is 0 Å². The summed E-state index contributed by atoms with van der Waals surface area (Å²) in [6.45, 7) is 1.98. The summed E-state index contributed by atoms with van der Waals surface area (Å²) in [5.41, 5.74) is 2.97. The number of rotatable bonds is 3. The lowest BCUT2D eigenvalue weighted by Crippen LogP contribution is -2.25. The van der Waals surface area contributed by atoms with Crippen molar-refractivity contribution in [3.63, 3.8) is 0 Å². The maximum absolute atomic E-state index is 10.7. The predicted molar refractivity (Wildman–Crippen MR) is 63.9 cm³/mol. The number of likely N-dealkylation sites (N-methyl/N-ethyl adjacent to an activating group) is 1. The number of hydrogen-bond acceptors (Lipinski definition) is 2. The molecule has 1 heterocycles. The highest BCUT2D eigenvalue weighted by molar-refractivity contribution is 5.93. The lowest BCUT2D eigenvalue weighted by molar-refractivity contribution is -0.135. The van der Waals surface area contributed by atoms with Crippen LogP contribution < -0.4 is 4.90 Å². The highest BCUT2D eigenvalue weighted by Crippen LogP contribution is 2.25. The molecule has 1 aromatic carbocycles. The summed E-state index contributed by atoms with van der Waals surface area (Å²) < 4.78 is 0. The maximum Gasteiger partial charge on any atom is 0.323 e. The number of nitrogens with zero attached hydrogens (tertiary/aromatic N) is 1. The van der Waals surface area contributed by atoms with Gasteiger partial charge in [0.25, 0.3) is 0 Å². The molecule has 2 N–H and O–H groups in total. The van der Waals surface area contributed by atoms with E-state index in [0.29, 0.717) is 0 Å². The number of carbonyl (C=O) groups is 1. The van der Waals surface area contributed by atoms with Gasteiger partial charge in [-0.3, -0.25) is 4.79 Å². The van der Waals surface area contributed by atoms with Crippen molar-refractivity contribution in [3.8, 4) is 0 Å². The molecule has 1 aromatic heterocycles. The van der Waals surface area contributed by atoms with Crippen molar-refractivity contribution in [2.45, 2.75) is 6.92 Å². The average molecular weight is 218 g/mol. The van der Waals surface area contributed by atoms with Gasteiger partial charge in [0, 0.05) is 18.1 Å². The zero-order valence-electron chi connectivity index (χ0n) is 9.32. The molecule has 2 rings (SSSR count). The van der Waals surface area contributed by atoms with Gasteiger partial charge < -0.3 is 15.0 Å². The number of hydrogen-bond donors (Lipinski definition) is 2. The van der Waals surface area contributed by atoms with Crippen molar-refractivity contribution in [2.24, 2.45) is 0 Å². The van der Waals surface area contributed by atoms with Crippen molar-refractivity contribution in [3.05, 3.63) is 30.0 Å². The van der Waals surface area contributed by atoms with Gasteiger partial charge in [0.1, 0.15) is 6.54 Å². The number of aliphatic carboxylic acids is 1. The zero-order chi connectivity index (χ0) is 11.7. The molecule has 0 unspecified atom stereocenters. The molecule has 84 valence electrons. The summed E-state index contributed by atoms with van der Waals surface area (Å²) in [7, 11) is 1.78. The Morgan fingerprint density at radius 1 is 1.50 bits per heavy atom. The van der Waals surface area contributed by atoms with Gasteiger partial charge in [-0.1, -0.05) is 12.1 Å². The van der Waals surface area contributed by atoms with E-state index in [0.717, 1.165) is 22.3 Å². The Hall–Kier alpha value is -1.97. The van der Waals surface area contributed by atoms with E-state index in [2.05, 4.69) is 4.98 Å². The molecule has 0 spiro atoms. The van der Waals surface area contributed by atoms with Gasteiger partial charge in [0.15, 0.2) is 0 Å². The van der Waals surface area contributed by atoms with Crippen molar-refractivity contribution in [2.75, 3.05) is 18.5 Å². The molecule has 0 saturated heterocycles. The first-order valence-corrected chi connectivity index (χ1v) is 5.09. The van der Waals surface area contributed by atoms with E-state index in [1.165, 1.54) is 0 Å². The SMILES string of the molecule is Cc1cc2cccc(N(C)CC(=O)O)c2[nH]1. The third kappa shape index (κ3) is 1.86. The molecule has 0 aliphatic rings. The largest absolute Gasteiger partial charge is 0.480 e. The average Bonchev–Trinajstić information content (AvgIpc) is 2.55. The molecule has 4 nitrogen and oxygen atoms in total. The number of fused-ring (bicyclic) bond motifs is 1. The Kier molecular flexibility index (Phi) is 2.56. The Bertz CT molecular complexity index is 531. The number of para-hydroxylation sites is 1.